The summed E-state index contributed by atoms with van der Waals surface area (Å²) in [5.74, 6) is 0.334. The number of fused-ring (bicyclic) bond motifs is 2. The van der Waals surface area contributed by atoms with E-state index in [0.717, 1.165) is 34.3 Å². The van der Waals surface area contributed by atoms with E-state index in [1.165, 1.54) is 10.9 Å². The summed E-state index contributed by atoms with van der Waals surface area (Å²) in [4.78, 5) is 13.4. The molecule has 30 heavy (non-hydrogen) atoms. The first kappa shape index (κ1) is 18.7. The average Bonchev–Trinajstić information content (AvgIpc) is 2.85. The number of nitrogens with one attached hydrogen (secondary N) is 2. The number of hydrogen-bond acceptors (Lipinski definition) is 4. The van der Waals surface area contributed by atoms with Gasteiger partial charge in [-0.2, -0.15) is 0 Å². The Morgan fingerprint density at radius 3 is 2.53 bits per heavy atom. The van der Waals surface area contributed by atoms with Crippen molar-refractivity contribution in [3.8, 4) is 5.75 Å². The zero-order valence-corrected chi connectivity index (χ0v) is 17.5. The summed E-state index contributed by atoms with van der Waals surface area (Å²) in [5.41, 5.74) is 5.27. The summed E-state index contributed by atoms with van der Waals surface area (Å²) in [7, 11) is 0. The normalized spacial score (nSPS) is 20.1. The maximum atomic E-state index is 13.4. The van der Waals surface area contributed by atoms with Gasteiger partial charge in [-0.3, -0.25) is 4.79 Å². The van der Waals surface area contributed by atoms with Gasteiger partial charge in [-0.15, -0.1) is 0 Å². The highest BCUT2D eigenvalue weighted by Crippen LogP contribution is 2.48. The van der Waals surface area contributed by atoms with E-state index >= 15 is 0 Å². The number of allylic oxidation sites excluding steroid dienone is 1. The Kier molecular flexibility index (Phi) is 4.14. The molecule has 3 N–H and O–H groups in total. The number of hydrogen-bond donors (Lipinski definition) is 3. The van der Waals surface area contributed by atoms with Crippen molar-refractivity contribution in [3.05, 3.63) is 77.0 Å². The fraction of sp³-hybridized carbons (Fsp3) is 0.269. The molecule has 4 heteroatoms. The topological polar surface area (TPSA) is 61.4 Å². The summed E-state index contributed by atoms with van der Waals surface area (Å²) in [6, 6.07) is 17.7. The van der Waals surface area contributed by atoms with Crippen molar-refractivity contribution in [2.24, 2.45) is 5.41 Å². The molecule has 0 spiro atoms. The van der Waals surface area contributed by atoms with Crippen LogP contribution in [0.4, 0.5) is 11.4 Å². The van der Waals surface area contributed by atoms with Crippen LogP contribution in [0.15, 0.2) is 65.9 Å². The molecule has 0 amide bonds. The fourth-order valence-electron chi connectivity index (χ4n) is 4.91. The molecule has 0 saturated heterocycles. The molecule has 0 aromatic heterocycles. The Morgan fingerprint density at radius 1 is 0.967 bits per heavy atom. The van der Waals surface area contributed by atoms with Crippen LogP contribution in [0.1, 0.15) is 43.9 Å². The smallest absolute Gasteiger partial charge is 0.163 e. The molecule has 1 aliphatic carbocycles. The lowest BCUT2D eigenvalue weighted by Gasteiger charge is -2.34. The molecule has 152 valence electrons. The van der Waals surface area contributed by atoms with Gasteiger partial charge in [-0.1, -0.05) is 56.3 Å². The van der Waals surface area contributed by atoms with Crippen LogP contribution in [-0.2, 0) is 4.79 Å². The van der Waals surface area contributed by atoms with Crippen LogP contribution in [0.2, 0.25) is 0 Å². The van der Waals surface area contributed by atoms with Crippen molar-refractivity contribution in [2.45, 2.75) is 39.7 Å². The maximum Gasteiger partial charge on any atom is 0.163 e. The number of Topliss-reactive ketones (excluding diaryl/α,β-unsaturated/α-hetero) is 1. The first-order chi connectivity index (χ1) is 14.3. The van der Waals surface area contributed by atoms with Gasteiger partial charge in [0.15, 0.2) is 5.78 Å². The third-order valence-electron chi connectivity index (χ3n) is 6.31. The van der Waals surface area contributed by atoms with E-state index in [4.69, 9.17) is 0 Å². The van der Waals surface area contributed by atoms with Crippen LogP contribution in [0.25, 0.3) is 10.8 Å². The lowest BCUT2D eigenvalue weighted by molar-refractivity contribution is -0.118. The molecular weight excluding hydrogens is 372 g/mol. The highest BCUT2D eigenvalue weighted by atomic mass is 16.3. The molecule has 4 nitrogen and oxygen atoms in total. The molecular formula is C26H26N2O2. The zero-order chi connectivity index (χ0) is 21.0. The van der Waals surface area contributed by atoms with Crippen molar-refractivity contribution >= 4 is 27.9 Å². The number of para-hydroxylation sites is 1. The van der Waals surface area contributed by atoms with Gasteiger partial charge in [0.1, 0.15) is 11.4 Å². The van der Waals surface area contributed by atoms with Crippen LogP contribution in [0.3, 0.4) is 0 Å². The number of aryl methyl sites for hydroxylation is 1. The van der Waals surface area contributed by atoms with Gasteiger partial charge >= 0.3 is 0 Å². The van der Waals surface area contributed by atoms with E-state index in [9.17, 15) is 9.90 Å². The van der Waals surface area contributed by atoms with Gasteiger partial charge in [-0.05, 0) is 52.8 Å². The molecule has 1 aliphatic heterocycles. The number of aromatic hydroxyl groups is 1. The molecule has 0 bridgehead atoms. The number of carbonyl (C=O) groups excluding carboxylic acids is 1. The summed E-state index contributed by atoms with van der Waals surface area (Å²) in [6.07, 6.45) is 1.27. The third-order valence-corrected chi connectivity index (χ3v) is 6.31. The number of rotatable bonds is 1. The van der Waals surface area contributed by atoms with E-state index in [1.54, 1.807) is 6.07 Å². The van der Waals surface area contributed by atoms with Gasteiger partial charge < -0.3 is 15.7 Å². The van der Waals surface area contributed by atoms with Crippen molar-refractivity contribution in [1.29, 1.82) is 0 Å². The predicted molar refractivity (Wildman–Crippen MR) is 122 cm³/mol. The second kappa shape index (κ2) is 6.63. The van der Waals surface area contributed by atoms with Gasteiger partial charge in [0.2, 0.25) is 0 Å². The number of phenols is 1. The van der Waals surface area contributed by atoms with E-state index in [-0.39, 0.29) is 23.0 Å². The molecule has 5 rings (SSSR count). The highest BCUT2D eigenvalue weighted by Gasteiger charge is 2.39. The fourth-order valence-corrected chi connectivity index (χ4v) is 4.91. The molecule has 3 aromatic rings. The SMILES string of the molecule is Cc1ccc(C2Nc3cccc(O)c3NC3=C2C(=O)CC(C)(C)C3)c2ccccc12. The standard InChI is InChI=1S/C26H26N2O2/c1-15-11-12-18(17-8-5-4-7-16(15)17)24-23-20(13-26(2,3)14-22(23)30)28-25-19(27-24)9-6-10-21(25)29/h4-12,24,27-29H,13-14H2,1-3H3. The second-order valence-corrected chi connectivity index (χ2v) is 9.25. The van der Waals surface area contributed by atoms with Crippen LogP contribution >= 0.6 is 0 Å². The summed E-state index contributed by atoms with van der Waals surface area (Å²) < 4.78 is 0. The number of carbonyl (C=O) groups is 1. The minimum Gasteiger partial charge on any atom is -0.506 e. The summed E-state index contributed by atoms with van der Waals surface area (Å²) in [6.45, 7) is 6.36. The molecule has 2 aliphatic rings. The quantitative estimate of drug-likeness (QED) is 0.435. The highest BCUT2D eigenvalue weighted by molar-refractivity contribution is 6.02. The van der Waals surface area contributed by atoms with Crippen molar-refractivity contribution < 1.29 is 9.90 Å². The minimum atomic E-state index is -0.287. The number of phenolic OH excluding ortho intramolecular Hbond substituents is 1. The second-order valence-electron chi connectivity index (χ2n) is 9.25. The zero-order valence-electron chi connectivity index (χ0n) is 17.5. The molecule has 1 unspecified atom stereocenters. The number of anilines is 2. The van der Waals surface area contributed by atoms with Gasteiger partial charge in [0, 0.05) is 17.7 Å². The van der Waals surface area contributed by atoms with Gasteiger partial charge in [0.25, 0.3) is 0 Å². The van der Waals surface area contributed by atoms with Gasteiger partial charge in [-0.25, -0.2) is 0 Å². The van der Waals surface area contributed by atoms with Crippen LogP contribution in [-0.4, -0.2) is 10.9 Å². The van der Waals surface area contributed by atoms with Crippen LogP contribution < -0.4 is 10.6 Å². The average molecular weight is 399 g/mol. The summed E-state index contributed by atoms with van der Waals surface area (Å²) >= 11 is 0. The number of benzene rings is 3. The van der Waals surface area contributed by atoms with Crippen molar-refractivity contribution in [2.75, 3.05) is 10.6 Å². The monoisotopic (exact) mass is 398 g/mol. The Balaban J connectivity index is 1.78. The first-order valence-corrected chi connectivity index (χ1v) is 10.4. The van der Waals surface area contributed by atoms with Crippen LogP contribution in [0, 0.1) is 12.3 Å². The van der Waals surface area contributed by atoms with Crippen LogP contribution in [0.5, 0.6) is 5.75 Å². The molecule has 1 heterocycles. The summed E-state index contributed by atoms with van der Waals surface area (Å²) in [5, 5.41) is 19.9. The lowest BCUT2D eigenvalue weighted by Crippen LogP contribution is -2.31. The molecule has 1 atom stereocenters. The minimum absolute atomic E-state index is 0.127. The molecule has 0 radical (unpaired) electrons. The largest absolute Gasteiger partial charge is 0.506 e. The molecule has 0 saturated carbocycles. The third kappa shape index (κ3) is 2.95. The van der Waals surface area contributed by atoms with Crippen molar-refractivity contribution in [3.63, 3.8) is 0 Å². The molecule has 3 aromatic carbocycles. The first-order valence-electron chi connectivity index (χ1n) is 10.4. The lowest BCUT2D eigenvalue weighted by atomic mass is 9.73. The maximum absolute atomic E-state index is 13.4. The Labute approximate surface area is 176 Å². The predicted octanol–water partition coefficient (Wildman–Crippen LogP) is 6.08. The molecule has 0 fully saturated rings. The van der Waals surface area contributed by atoms with E-state index in [1.807, 2.05) is 24.3 Å². The van der Waals surface area contributed by atoms with Gasteiger partial charge in [0.05, 0.1) is 11.7 Å². The number of ketones is 1. The van der Waals surface area contributed by atoms with E-state index in [0.29, 0.717) is 12.1 Å². The van der Waals surface area contributed by atoms with E-state index in [2.05, 4.69) is 55.7 Å². The Morgan fingerprint density at radius 2 is 1.73 bits per heavy atom. The Hall–Kier alpha value is -3.27. The van der Waals surface area contributed by atoms with Crippen molar-refractivity contribution in [1.82, 2.24) is 0 Å². The Bertz CT molecular complexity index is 1220. The van der Waals surface area contributed by atoms with E-state index < -0.39 is 0 Å².